The molecule has 0 atom stereocenters. The van der Waals surface area contributed by atoms with Crippen molar-refractivity contribution in [2.75, 3.05) is 6.54 Å². The molecule has 35 heavy (non-hydrogen) atoms. The summed E-state index contributed by atoms with van der Waals surface area (Å²) in [6, 6.07) is 18.1. The number of nitrogens with one attached hydrogen (secondary N) is 1. The third-order valence-electron chi connectivity index (χ3n) is 6.47. The lowest BCUT2D eigenvalue weighted by Crippen LogP contribution is -2.28. The van der Waals surface area contributed by atoms with Crippen molar-refractivity contribution in [1.29, 1.82) is 0 Å². The molecule has 1 aliphatic rings. The van der Waals surface area contributed by atoms with Gasteiger partial charge in [-0.15, -0.1) is 0 Å². The van der Waals surface area contributed by atoms with E-state index in [2.05, 4.69) is 25.3 Å². The van der Waals surface area contributed by atoms with Gasteiger partial charge in [-0.3, -0.25) is 14.4 Å². The Morgan fingerprint density at radius 3 is 2.77 bits per heavy atom. The summed E-state index contributed by atoms with van der Waals surface area (Å²) in [6.45, 7) is 4.60. The van der Waals surface area contributed by atoms with Gasteiger partial charge in [-0.05, 0) is 49.4 Å². The van der Waals surface area contributed by atoms with Crippen LogP contribution in [0.15, 0.2) is 73.2 Å². The monoisotopic (exact) mass is 458 g/mol. The summed E-state index contributed by atoms with van der Waals surface area (Å²) in [6.07, 6.45) is 5.86. The molecular weight excluding hydrogens is 436 g/mol. The highest BCUT2D eigenvalue weighted by atomic mass is 15.2. The molecule has 7 heterocycles. The fourth-order valence-electron chi connectivity index (χ4n) is 4.80. The second-order valence-electron chi connectivity index (χ2n) is 8.75. The molecule has 1 aliphatic heterocycles. The van der Waals surface area contributed by atoms with Crippen LogP contribution in [-0.4, -0.2) is 40.4 Å². The van der Waals surface area contributed by atoms with Crippen molar-refractivity contribution in [3.8, 4) is 34.0 Å². The molecule has 0 saturated heterocycles. The lowest BCUT2D eigenvalue weighted by atomic mass is 10.1. The van der Waals surface area contributed by atoms with Gasteiger partial charge in [-0.25, -0.2) is 15.0 Å². The molecule has 170 valence electrons. The number of aryl methyl sites for hydroxylation is 1. The summed E-state index contributed by atoms with van der Waals surface area (Å²) in [5.74, 6) is 1.05. The highest BCUT2D eigenvalue weighted by molar-refractivity contribution is 5.85. The molecule has 0 amide bonds. The Morgan fingerprint density at radius 2 is 1.83 bits per heavy atom. The molecule has 8 heteroatoms. The number of nitrogens with zero attached hydrogens (tertiary/aromatic N) is 7. The van der Waals surface area contributed by atoms with Gasteiger partial charge >= 0.3 is 0 Å². The zero-order valence-corrected chi connectivity index (χ0v) is 19.2. The number of fused-ring (bicyclic) bond motifs is 3. The maximum atomic E-state index is 5.07. The smallest absolute Gasteiger partial charge is 0.138 e. The first-order chi connectivity index (χ1) is 17.2. The lowest BCUT2D eigenvalue weighted by molar-refractivity contribution is 0.508. The van der Waals surface area contributed by atoms with Crippen LogP contribution in [0.2, 0.25) is 0 Å². The SMILES string of the molecule is Cc1cccc(-c2nc3ccccn3c2-c2ccc3ncc(-c4cnc5n4CCNC5)cc3n2)n1. The van der Waals surface area contributed by atoms with E-state index in [-0.39, 0.29) is 0 Å². The van der Waals surface area contributed by atoms with E-state index in [1.165, 1.54) is 0 Å². The molecule has 0 fully saturated rings. The van der Waals surface area contributed by atoms with Crippen molar-refractivity contribution in [3.63, 3.8) is 0 Å². The minimum Gasteiger partial charge on any atom is -0.326 e. The molecule has 7 rings (SSSR count). The standard InChI is InChI=1S/C27H22N8/c1-17-5-4-6-20(31-17)26-27(35-11-3-2-7-24(35)33-26)21-9-8-19-22(32-21)13-18(14-29-19)23-15-30-25-16-28-10-12-34(23)25/h2-9,11,13-15,28H,10,12,16H2,1H3. The van der Waals surface area contributed by atoms with E-state index in [4.69, 9.17) is 19.9 Å². The van der Waals surface area contributed by atoms with Crippen molar-refractivity contribution < 1.29 is 0 Å². The van der Waals surface area contributed by atoms with Crippen LogP contribution in [-0.2, 0) is 13.1 Å². The Morgan fingerprint density at radius 1 is 0.857 bits per heavy atom. The third kappa shape index (κ3) is 3.30. The predicted molar refractivity (Wildman–Crippen MR) is 135 cm³/mol. The minimum atomic E-state index is 0.785. The molecular formula is C27H22N8. The van der Waals surface area contributed by atoms with Crippen LogP contribution in [0.1, 0.15) is 11.5 Å². The number of hydrogen-bond acceptors (Lipinski definition) is 6. The summed E-state index contributed by atoms with van der Waals surface area (Å²) >= 11 is 0. The summed E-state index contributed by atoms with van der Waals surface area (Å²) in [5, 5.41) is 3.37. The molecule has 0 aliphatic carbocycles. The molecule has 8 nitrogen and oxygen atoms in total. The van der Waals surface area contributed by atoms with Crippen molar-refractivity contribution in [1.82, 2.24) is 39.2 Å². The van der Waals surface area contributed by atoms with E-state index in [1.807, 2.05) is 74.0 Å². The average Bonchev–Trinajstić information content (AvgIpc) is 3.50. The van der Waals surface area contributed by atoms with E-state index in [0.29, 0.717) is 0 Å². The molecule has 1 N–H and O–H groups in total. The van der Waals surface area contributed by atoms with Crippen LogP contribution in [0.3, 0.4) is 0 Å². The fourth-order valence-corrected chi connectivity index (χ4v) is 4.80. The van der Waals surface area contributed by atoms with Crippen LogP contribution in [0.4, 0.5) is 0 Å². The van der Waals surface area contributed by atoms with E-state index >= 15 is 0 Å². The molecule has 0 unspecified atom stereocenters. The molecule has 0 bridgehead atoms. The number of pyridine rings is 4. The highest BCUT2D eigenvalue weighted by Crippen LogP contribution is 2.32. The van der Waals surface area contributed by atoms with Crippen LogP contribution in [0.5, 0.6) is 0 Å². The van der Waals surface area contributed by atoms with Gasteiger partial charge in [0.25, 0.3) is 0 Å². The van der Waals surface area contributed by atoms with E-state index in [9.17, 15) is 0 Å². The summed E-state index contributed by atoms with van der Waals surface area (Å²) < 4.78 is 4.33. The van der Waals surface area contributed by atoms with Gasteiger partial charge < -0.3 is 9.88 Å². The van der Waals surface area contributed by atoms with E-state index < -0.39 is 0 Å². The zero-order chi connectivity index (χ0) is 23.4. The van der Waals surface area contributed by atoms with Gasteiger partial charge in [-0.2, -0.15) is 0 Å². The van der Waals surface area contributed by atoms with Crippen LogP contribution in [0.25, 0.3) is 50.7 Å². The van der Waals surface area contributed by atoms with Gasteiger partial charge in [0, 0.05) is 36.7 Å². The highest BCUT2D eigenvalue weighted by Gasteiger charge is 2.19. The average molecular weight is 459 g/mol. The lowest BCUT2D eigenvalue weighted by Gasteiger charge is -2.17. The topological polar surface area (TPSA) is 85.8 Å². The first kappa shape index (κ1) is 20.0. The molecule has 0 aromatic carbocycles. The van der Waals surface area contributed by atoms with Crippen LogP contribution >= 0.6 is 0 Å². The Hall–Kier alpha value is -4.43. The molecule has 6 aromatic rings. The maximum absolute atomic E-state index is 5.07. The molecule has 0 spiro atoms. The predicted octanol–water partition coefficient (Wildman–Crippen LogP) is 4.28. The van der Waals surface area contributed by atoms with Gasteiger partial charge in [0.1, 0.15) is 22.9 Å². The fraction of sp³-hybridized carbons (Fsp3) is 0.148. The second kappa shape index (κ2) is 7.82. The Bertz CT molecular complexity index is 1730. The largest absolute Gasteiger partial charge is 0.326 e. The third-order valence-corrected chi connectivity index (χ3v) is 6.47. The summed E-state index contributed by atoms with van der Waals surface area (Å²) in [5.41, 5.74) is 8.96. The number of aromatic nitrogens is 7. The number of imidazole rings is 2. The molecule has 0 saturated carbocycles. The number of hydrogen-bond donors (Lipinski definition) is 1. The first-order valence-electron chi connectivity index (χ1n) is 11.7. The summed E-state index contributed by atoms with van der Waals surface area (Å²) in [4.78, 5) is 24.0. The summed E-state index contributed by atoms with van der Waals surface area (Å²) in [7, 11) is 0. The second-order valence-corrected chi connectivity index (χ2v) is 8.75. The Kier molecular flexibility index (Phi) is 4.46. The minimum absolute atomic E-state index is 0.785. The van der Waals surface area contributed by atoms with Crippen molar-refractivity contribution in [2.45, 2.75) is 20.0 Å². The van der Waals surface area contributed by atoms with Crippen molar-refractivity contribution >= 4 is 16.7 Å². The molecule has 6 aromatic heterocycles. The van der Waals surface area contributed by atoms with E-state index in [0.717, 1.165) is 81.9 Å². The van der Waals surface area contributed by atoms with Gasteiger partial charge in [0.05, 0.1) is 40.9 Å². The van der Waals surface area contributed by atoms with Gasteiger partial charge in [0.2, 0.25) is 0 Å². The number of rotatable bonds is 3. The first-order valence-corrected chi connectivity index (χ1v) is 11.7. The molecule has 0 radical (unpaired) electrons. The van der Waals surface area contributed by atoms with Crippen molar-refractivity contribution in [3.05, 3.63) is 84.7 Å². The van der Waals surface area contributed by atoms with Gasteiger partial charge in [0.15, 0.2) is 0 Å². The van der Waals surface area contributed by atoms with Gasteiger partial charge in [-0.1, -0.05) is 12.1 Å². The van der Waals surface area contributed by atoms with Crippen LogP contribution in [0, 0.1) is 6.92 Å². The normalized spacial score (nSPS) is 13.4. The quantitative estimate of drug-likeness (QED) is 0.426. The van der Waals surface area contributed by atoms with E-state index in [1.54, 1.807) is 0 Å². The van der Waals surface area contributed by atoms with Crippen LogP contribution < -0.4 is 5.32 Å². The van der Waals surface area contributed by atoms with Crippen molar-refractivity contribution in [2.24, 2.45) is 0 Å². The Labute approximate surface area is 201 Å². The Balaban J connectivity index is 1.41. The zero-order valence-electron chi connectivity index (χ0n) is 19.2. The maximum Gasteiger partial charge on any atom is 0.138 e.